The third-order valence-corrected chi connectivity index (χ3v) is 3.85. The van der Waals surface area contributed by atoms with Gasteiger partial charge in [0.25, 0.3) is 0 Å². The van der Waals surface area contributed by atoms with Crippen molar-refractivity contribution in [1.82, 2.24) is 0 Å². The SMILES string of the molecule is Cc1cc(C)c(CC(C#N)c2ccc(C#N)cc2)c(C)c1. The molecule has 21 heavy (non-hydrogen) atoms. The van der Waals surface area contributed by atoms with Crippen LogP contribution in [0.1, 0.15) is 39.3 Å². The predicted octanol–water partition coefficient (Wildman–Crippen LogP) is 4.33. The molecule has 2 nitrogen and oxygen atoms in total. The number of benzene rings is 2. The maximum Gasteiger partial charge on any atom is 0.0991 e. The van der Waals surface area contributed by atoms with E-state index in [9.17, 15) is 5.26 Å². The maximum absolute atomic E-state index is 9.49. The number of hydrogen-bond acceptors (Lipinski definition) is 2. The van der Waals surface area contributed by atoms with E-state index in [1.54, 1.807) is 12.1 Å². The molecule has 0 heterocycles. The fourth-order valence-electron chi connectivity index (χ4n) is 2.76. The van der Waals surface area contributed by atoms with Gasteiger partial charge in [-0.15, -0.1) is 0 Å². The van der Waals surface area contributed by atoms with E-state index in [-0.39, 0.29) is 5.92 Å². The van der Waals surface area contributed by atoms with E-state index in [0.717, 1.165) is 5.56 Å². The highest BCUT2D eigenvalue weighted by molar-refractivity contribution is 5.41. The Balaban J connectivity index is 2.32. The molecule has 0 aromatic heterocycles. The Morgan fingerprint density at radius 1 is 0.952 bits per heavy atom. The summed E-state index contributed by atoms with van der Waals surface area (Å²) in [6, 6.07) is 16.1. The van der Waals surface area contributed by atoms with Gasteiger partial charge in [0.05, 0.1) is 23.6 Å². The molecule has 2 aromatic carbocycles. The van der Waals surface area contributed by atoms with Gasteiger partial charge in [0.1, 0.15) is 0 Å². The van der Waals surface area contributed by atoms with Crippen LogP contribution in [0.25, 0.3) is 0 Å². The molecular formula is C19H18N2. The van der Waals surface area contributed by atoms with Crippen molar-refractivity contribution in [3.8, 4) is 12.1 Å². The molecule has 0 N–H and O–H groups in total. The molecule has 0 saturated carbocycles. The predicted molar refractivity (Wildman–Crippen MR) is 83.9 cm³/mol. The lowest BCUT2D eigenvalue weighted by atomic mass is 9.88. The van der Waals surface area contributed by atoms with Gasteiger partial charge in [0.2, 0.25) is 0 Å². The lowest BCUT2D eigenvalue weighted by molar-refractivity contribution is 0.836. The van der Waals surface area contributed by atoms with E-state index in [1.165, 1.54) is 22.3 Å². The van der Waals surface area contributed by atoms with Crippen LogP contribution in [0.2, 0.25) is 0 Å². The van der Waals surface area contributed by atoms with Crippen molar-refractivity contribution in [2.24, 2.45) is 0 Å². The van der Waals surface area contributed by atoms with E-state index in [1.807, 2.05) is 12.1 Å². The molecule has 0 aliphatic heterocycles. The van der Waals surface area contributed by atoms with Crippen molar-refractivity contribution in [3.05, 3.63) is 69.8 Å². The second-order valence-corrected chi connectivity index (χ2v) is 5.50. The molecule has 0 bridgehead atoms. The van der Waals surface area contributed by atoms with Crippen molar-refractivity contribution in [1.29, 1.82) is 10.5 Å². The summed E-state index contributed by atoms with van der Waals surface area (Å²) < 4.78 is 0. The van der Waals surface area contributed by atoms with E-state index in [4.69, 9.17) is 5.26 Å². The summed E-state index contributed by atoms with van der Waals surface area (Å²) in [6.45, 7) is 6.29. The van der Waals surface area contributed by atoms with E-state index in [2.05, 4.69) is 45.0 Å². The van der Waals surface area contributed by atoms with Crippen LogP contribution in [0.15, 0.2) is 36.4 Å². The van der Waals surface area contributed by atoms with E-state index < -0.39 is 0 Å². The van der Waals surface area contributed by atoms with Crippen molar-refractivity contribution in [2.45, 2.75) is 33.1 Å². The molecule has 2 heteroatoms. The van der Waals surface area contributed by atoms with Gasteiger partial charge in [-0.3, -0.25) is 0 Å². The van der Waals surface area contributed by atoms with Crippen molar-refractivity contribution >= 4 is 0 Å². The first-order valence-corrected chi connectivity index (χ1v) is 7.01. The monoisotopic (exact) mass is 274 g/mol. The van der Waals surface area contributed by atoms with Crippen LogP contribution in [-0.2, 0) is 6.42 Å². The molecule has 2 rings (SSSR count). The van der Waals surface area contributed by atoms with Crippen LogP contribution in [0, 0.1) is 43.4 Å². The summed E-state index contributed by atoms with van der Waals surface area (Å²) in [7, 11) is 0. The molecule has 2 aromatic rings. The highest BCUT2D eigenvalue weighted by Crippen LogP contribution is 2.25. The molecule has 1 unspecified atom stereocenters. The van der Waals surface area contributed by atoms with Crippen LogP contribution < -0.4 is 0 Å². The van der Waals surface area contributed by atoms with Gasteiger partial charge in [-0.05, 0) is 61.6 Å². The Labute approximate surface area is 126 Å². The lowest BCUT2D eigenvalue weighted by Gasteiger charge is -2.15. The highest BCUT2D eigenvalue weighted by Gasteiger charge is 2.14. The Morgan fingerprint density at radius 3 is 2.00 bits per heavy atom. The minimum atomic E-state index is -0.183. The first kappa shape index (κ1) is 14.8. The third-order valence-electron chi connectivity index (χ3n) is 3.85. The summed E-state index contributed by atoms with van der Waals surface area (Å²) in [5.41, 5.74) is 6.56. The highest BCUT2D eigenvalue weighted by atomic mass is 14.3. The van der Waals surface area contributed by atoms with Crippen molar-refractivity contribution < 1.29 is 0 Å². The van der Waals surface area contributed by atoms with Gasteiger partial charge in [-0.2, -0.15) is 10.5 Å². The van der Waals surface area contributed by atoms with Gasteiger partial charge in [-0.1, -0.05) is 29.8 Å². The molecule has 0 aliphatic carbocycles. The second kappa shape index (κ2) is 6.25. The molecule has 0 aliphatic rings. The lowest BCUT2D eigenvalue weighted by Crippen LogP contribution is -2.04. The number of hydrogen-bond donors (Lipinski definition) is 0. The zero-order chi connectivity index (χ0) is 15.4. The maximum atomic E-state index is 9.49. The van der Waals surface area contributed by atoms with Gasteiger partial charge < -0.3 is 0 Å². The zero-order valence-electron chi connectivity index (χ0n) is 12.6. The van der Waals surface area contributed by atoms with Crippen molar-refractivity contribution in [3.63, 3.8) is 0 Å². The fourth-order valence-corrected chi connectivity index (χ4v) is 2.76. The largest absolute Gasteiger partial charge is 0.198 e. The number of nitrogens with zero attached hydrogens (tertiary/aromatic N) is 2. The van der Waals surface area contributed by atoms with Gasteiger partial charge >= 0.3 is 0 Å². The summed E-state index contributed by atoms with van der Waals surface area (Å²) in [5, 5.41) is 18.3. The molecule has 1 atom stereocenters. The standard InChI is InChI=1S/C19H18N2/c1-13-8-14(2)19(15(3)9-13)10-18(12-21)17-6-4-16(11-20)5-7-17/h4-9,18H,10H2,1-3H3. The molecule has 0 spiro atoms. The van der Waals surface area contributed by atoms with Gasteiger partial charge in [-0.25, -0.2) is 0 Å². The smallest absolute Gasteiger partial charge is 0.0991 e. The third kappa shape index (κ3) is 3.30. The Hall–Kier alpha value is -2.58. The van der Waals surface area contributed by atoms with Gasteiger partial charge in [0.15, 0.2) is 0 Å². The van der Waals surface area contributed by atoms with Crippen LogP contribution >= 0.6 is 0 Å². The molecule has 0 saturated heterocycles. The number of rotatable bonds is 3. The number of aryl methyl sites for hydroxylation is 3. The molecule has 0 radical (unpaired) electrons. The van der Waals surface area contributed by atoms with Crippen LogP contribution in [0.5, 0.6) is 0 Å². The average molecular weight is 274 g/mol. The fraction of sp³-hybridized carbons (Fsp3) is 0.263. The van der Waals surface area contributed by atoms with E-state index >= 15 is 0 Å². The summed E-state index contributed by atoms with van der Waals surface area (Å²) in [5.74, 6) is -0.183. The van der Waals surface area contributed by atoms with Crippen LogP contribution in [0.3, 0.4) is 0 Å². The first-order valence-electron chi connectivity index (χ1n) is 7.01. The van der Waals surface area contributed by atoms with E-state index in [0.29, 0.717) is 12.0 Å². The van der Waals surface area contributed by atoms with Gasteiger partial charge in [0, 0.05) is 0 Å². The minimum absolute atomic E-state index is 0.183. The second-order valence-electron chi connectivity index (χ2n) is 5.50. The van der Waals surface area contributed by atoms with Crippen molar-refractivity contribution in [2.75, 3.05) is 0 Å². The Bertz CT molecular complexity index is 705. The summed E-state index contributed by atoms with van der Waals surface area (Å²) in [6.07, 6.45) is 0.709. The quantitative estimate of drug-likeness (QED) is 0.836. The topological polar surface area (TPSA) is 47.6 Å². The Kier molecular flexibility index (Phi) is 4.41. The first-order chi connectivity index (χ1) is 10.0. The molecular weight excluding hydrogens is 256 g/mol. The normalized spacial score (nSPS) is 11.5. The summed E-state index contributed by atoms with van der Waals surface area (Å²) >= 11 is 0. The zero-order valence-corrected chi connectivity index (χ0v) is 12.6. The Morgan fingerprint density at radius 2 is 1.52 bits per heavy atom. The molecule has 0 fully saturated rings. The summed E-state index contributed by atoms with van der Waals surface area (Å²) in [4.78, 5) is 0. The van der Waals surface area contributed by atoms with Crippen LogP contribution in [-0.4, -0.2) is 0 Å². The molecule has 0 amide bonds. The minimum Gasteiger partial charge on any atom is -0.198 e. The average Bonchev–Trinajstić information content (AvgIpc) is 2.47. The number of nitriles is 2. The molecule has 104 valence electrons. The van der Waals surface area contributed by atoms with Crippen LogP contribution in [0.4, 0.5) is 0 Å².